The number of carbonyl (C=O) groups excluding carboxylic acids is 1. The Morgan fingerprint density at radius 3 is 2.42 bits per heavy atom. The van der Waals surface area contributed by atoms with Gasteiger partial charge < -0.3 is 10.6 Å². The van der Waals surface area contributed by atoms with Gasteiger partial charge in [0.15, 0.2) is 0 Å². The molecular weight excluding hydrogens is 338 g/mol. The highest BCUT2D eigenvalue weighted by atomic mass is 19.1. The summed E-state index contributed by atoms with van der Waals surface area (Å²) in [4.78, 5) is 20.4. The minimum absolute atomic E-state index is 0.0123. The molecule has 132 valence electrons. The van der Waals surface area contributed by atoms with Crippen molar-refractivity contribution in [2.75, 3.05) is 10.6 Å². The molecule has 0 saturated heterocycles. The van der Waals surface area contributed by atoms with E-state index in [-0.39, 0.29) is 17.3 Å². The third-order valence-electron chi connectivity index (χ3n) is 3.55. The largest absolute Gasteiger partial charge is 0.322 e. The Morgan fingerprint density at radius 1 is 1.00 bits per heavy atom. The maximum atomic E-state index is 13.7. The van der Waals surface area contributed by atoms with E-state index < -0.39 is 17.5 Å². The second kappa shape index (κ2) is 7.26. The Bertz CT molecular complexity index is 955. The highest BCUT2D eigenvalue weighted by Gasteiger charge is 2.11. The number of nitrogens with zero attached hydrogens (tertiary/aromatic N) is 2. The zero-order chi connectivity index (χ0) is 18.7. The third-order valence-corrected chi connectivity index (χ3v) is 3.55. The molecule has 26 heavy (non-hydrogen) atoms. The summed E-state index contributed by atoms with van der Waals surface area (Å²) in [5.74, 6) is -1.85. The summed E-state index contributed by atoms with van der Waals surface area (Å²) < 4.78 is 26.7. The molecule has 0 fully saturated rings. The second-order valence-corrected chi connectivity index (χ2v) is 5.85. The fourth-order valence-electron chi connectivity index (χ4n) is 2.50. The Kier molecular flexibility index (Phi) is 4.88. The number of aryl methyl sites for hydroxylation is 2. The number of aromatic nitrogens is 2. The van der Waals surface area contributed by atoms with Crippen LogP contribution < -0.4 is 10.6 Å². The quantitative estimate of drug-likeness (QED) is 0.730. The monoisotopic (exact) mass is 354 g/mol. The van der Waals surface area contributed by atoms with Gasteiger partial charge in [-0.1, -0.05) is 6.07 Å². The first kappa shape index (κ1) is 17.5. The first-order valence-electron chi connectivity index (χ1n) is 7.85. The molecule has 0 bridgehead atoms. The minimum Gasteiger partial charge on any atom is -0.322 e. The van der Waals surface area contributed by atoms with E-state index in [2.05, 4.69) is 20.6 Å². The van der Waals surface area contributed by atoms with Crippen LogP contribution in [0.4, 0.5) is 26.1 Å². The normalized spacial score (nSPS) is 10.5. The van der Waals surface area contributed by atoms with Gasteiger partial charge in [0.2, 0.25) is 5.95 Å². The van der Waals surface area contributed by atoms with Crippen molar-refractivity contribution >= 4 is 23.2 Å². The van der Waals surface area contributed by atoms with Crippen molar-refractivity contribution < 1.29 is 13.6 Å². The summed E-state index contributed by atoms with van der Waals surface area (Å²) >= 11 is 0. The Labute approximate surface area is 149 Å². The van der Waals surface area contributed by atoms with E-state index in [1.54, 1.807) is 0 Å². The molecule has 7 heteroatoms. The SMILES string of the molecule is Cc1cc(C)cc(NC(=O)c2ccnc(Nc3ccc(F)cc3F)n2)c1. The maximum absolute atomic E-state index is 13.7. The number of hydrogen-bond acceptors (Lipinski definition) is 4. The van der Waals surface area contributed by atoms with Crippen LogP contribution in [0.3, 0.4) is 0 Å². The molecule has 5 nitrogen and oxygen atoms in total. The fourth-order valence-corrected chi connectivity index (χ4v) is 2.50. The molecule has 0 spiro atoms. The molecule has 1 heterocycles. The average Bonchev–Trinajstić information content (AvgIpc) is 2.57. The molecule has 3 aromatic rings. The Morgan fingerprint density at radius 2 is 1.73 bits per heavy atom. The summed E-state index contributed by atoms with van der Waals surface area (Å²) in [6.07, 6.45) is 1.38. The van der Waals surface area contributed by atoms with Gasteiger partial charge >= 0.3 is 0 Å². The van der Waals surface area contributed by atoms with E-state index in [9.17, 15) is 13.6 Å². The third kappa shape index (κ3) is 4.18. The van der Waals surface area contributed by atoms with Gasteiger partial charge in [-0.15, -0.1) is 0 Å². The molecule has 0 aliphatic rings. The standard InChI is InChI=1S/C19H16F2N4O/c1-11-7-12(2)9-14(8-11)23-18(26)17-5-6-22-19(25-17)24-16-4-3-13(20)10-15(16)21/h3-10H,1-2H3,(H,23,26)(H,22,24,25). The number of halogens is 2. The van der Waals surface area contributed by atoms with Crippen LogP contribution in [0.15, 0.2) is 48.7 Å². The smallest absolute Gasteiger partial charge is 0.274 e. The van der Waals surface area contributed by atoms with Gasteiger partial charge in [-0.3, -0.25) is 4.79 Å². The van der Waals surface area contributed by atoms with Crippen LogP contribution in [0.2, 0.25) is 0 Å². The van der Waals surface area contributed by atoms with Crippen molar-refractivity contribution in [1.82, 2.24) is 9.97 Å². The van der Waals surface area contributed by atoms with Gasteiger partial charge in [0, 0.05) is 18.0 Å². The number of rotatable bonds is 4. The van der Waals surface area contributed by atoms with E-state index >= 15 is 0 Å². The average molecular weight is 354 g/mol. The van der Waals surface area contributed by atoms with Gasteiger partial charge in [-0.05, 0) is 55.3 Å². The number of nitrogens with one attached hydrogen (secondary N) is 2. The zero-order valence-corrected chi connectivity index (χ0v) is 14.2. The van der Waals surface area contributed by atoms with Crippen LogP contribution in [-0.4, -0.2) is 15.9 Å². The molecule has 2 N–H and O–H groups in total. The van der Waals surface area contributed by atoms with Crippen LogP contribution in [0.1, 0.15) is 21.6 Å². The highest BCUT2D eigenvalue weighted by Crippen LogP contribution is 2.19. The van der Waals surface area contributed by atoms with E-state index in [0.717, 1.165) is 23.3 Å². The summed E-state index contributed by atoms with van der Waals surface area (Å²) in [5, 5.41) is 5.40. The minimum atomic E-state index is -0.779. The summed E-state index contributed by atoms with van der Waals surface area (Å²) in [7, 11) is 0. The van der Waals surface area contributed by atoms with E-state index in [4.69, 9.17) is 0 Å². The van der Waals surface area contributed by atoms with Gasteiger partial charge in [-0.25, -0.2) is 18.7 Å². The van der Waals surface area contributed by atoms with Crippen LogP contribution in [0.5, 0.6) is 0 Å². The number of amides is 1. The Hall–Kier alpha value is -3.35. The predicted molar refractivity (Wildman–Crippen MR) is 95.5 cm³/mol. The number of benzene rings is 2. The van der Waals surface area contributed by atoms with Crippen molar-refractivity contribution in [1.29, 1.82) is 0 Å². The fraction of sp³-hybridized carbons (Fsp3) is 0.105. The van der Waals surface area contributed by atoms with Crippen molar-refractivity contribution in [3.63, 3.8) is 0 Å². The maximum Gasteiger partial charge on any atom is 0.274 e. The van der Waals surface area contributed by atoms with Gasteiger partial charge in [0.05, 0.1) is 5.69 Å². The van der Waals surface area contributed by atoms with Crippen molar-refractivity contribution in [3.8, 4) is 0 Å². The van der Waals surface area contributed by atoms with Crippen LogP contribution in [0.25, 0.3) is 0 Å². The lowest BCUT2D eigenvalue weighted by Crippen LogP contribution is -2.15. The summed E-state index contributed by atoms with van der Waals surface area (Å²) in [6.45, 7) is 3.87. The molecule has 3 rings (SSSR count). The molecule has 0 radical (unpaired) electrons. The van der Waals surface area contributed by atoms with Gasteiger partial charge in [-0.2, -0.15) is 0 Å². The topological polar surface area (TPSA) is 66.9 Å². The molecule has 0 aliphatic carbocycles. The molecule has 2 aromatic carbocycles. The van der Waals surface area contributed by atoms with Crippen molar-refractivity contribution in [2.24, 2.45) is 0 Å². The Balaban J connectivity index is 1.78. The number of carbonyl (C=O) groups is 1. The van der Waals surface area contributed by atoms with E-state index in [0.29, 0.717) is 5.69 Å². The second-order valence-electron chi connectivity index (χ2n) is 5.85. The molecule has 0 saturated carbocycles. The van der Waals surface area contributed by atoms with Crippen molar-refractivity contribution in [3.05, 3.63) is 77.1 Å². The van der Waals surface area contributed by atoms with Crippen molar-refractivity contribution in [2.45, 2.75) is 13.8 Å². The van der Waals surface area contributed by atoms with Gasteiger partial charge in [0.1, 0.15) is 17.3 Å². The number of hydrogen-bond donors (Lipinski definition) is 2. The summed E-state index contributed by atoms with van der Waals surface area (Å²) in [6, 6.07) is 10.2. The lowest BCUT2D eigenvalue weighted by molar-refractivity contribution is 0.102. The van der Waals surface area contributed by atoms with E-state index in [1.807, 2.05) is 32.0 Å². The lowest BCUT2D eigenvalue weighted by Gasteiger charge is -2.09. The number of anilines is 3. The molecule has 1 amide bonds. The first-order valence-corrected chi connectivity index (χ1v) is 7.85. The first-order chi connectivity index (χ1) is 12.4. The molecule has 0 unspecified atom stereocenters. The predicted octanol–water partition coefficient (Wildman–Crippen LogP) is 4.37. The highest BCUT2D eigenvalue weighted by molar-refractivity contribution is 6.03. The van der Waals surface area contributed by atoms with Crippen LogP contribution >= 0.6 is 0 Å². The van der Waals surface area contributed by atoms with Crippen LogP contribution in [0, 0.1) is 25.5 Å². The molecule has 0 aliphatic heterocycles. The summed E-state index contributed by atoms with van der Waals surface area (Å²) in [5.41, 5.74) is 2.84. The molecular formula is C19H16F2N4O. The zero-order valence-electron chi connectivity index (χ0n) is 14.2. The molecule has 1 aromatic heterocycles. The van der Waals surface area contributed by atoms with Gasteiger partial charge in [0.25, 0.3) is 5.91 Å². The molecule has 0 atom stereocenters. The van der Waals surface area contributed by atoms with Crippen LogP contribution in [-0.2, 0) is 0 Å². The van der Waals surface area contributed by atoms with E-state index in [1.165, 1.54) is 18.3 Å². The lowest BCUT2D eigenvalue weighted by atomic mass is 10.1.